The lowest BCUT2D eigenvalue weighted by molar-refractivity contribution is -0.383. The van der Waals surface area contributed by atoms with E-state index in [9.17, 15) is 27.7 Å². The molecule has 4 N–H and O–H groups in total. The van der Waals surface area contributed by atoms with Gasteiger partial charge in [0.15, 0.2) is 0 Å². The number of halogens is 4. The largest absolute Gasteiger partial charge is 0.397 e. The van der Waals surface area contributed by atoms with Gasteiger partial charge in [-0.05, 0) is 82.7 Å². The number of benzene rings is 2. The summed E-state index contributed by atoms with van der Waals surface area (Å²) in [6, 6.07) is 10.4. The van der Waals surface area contributed by atoms with E-state index in [0.29, 0.717) is 41.2 Å². The standard InChI is InChI=1S/C17H19F2N3O3.C17H21F2N3O/c1-10-16(11(2)25-21-10)12-3-4-14(15(9-12)22(23)24)20-13-5-7-17(18,19)8-6-13;1-10-16(11(2)23-22-10)12-3-4-15(14(20)9-12)21-13-5-7-17(18,19)8-6-13/h3-4,9,13,20H,5-8H2,1-2H3;3-4,9,13,21H,5-8,20H2,1-2H3. The minimum absolute atomic E-state index is 0.0434. The van der Waals surface area contributed by atoms with Crippen molar-refractivity contribution in [2.24, 2.45) is 0 Å². The molecule has 10 nitrogen and oxygen atoms in total. The van der Waals surface area contributed by atoms with Crippen LogP contribution >= 0.6 is 0 Å². The Morgan fingerprint density at radius 1 is 0.750 bits per heavy atom. The maximum absolute atomic E-state index is 13.3. The van der Waals surface area contributed by atoms with Crippen LogP contribution in [0.4, 0.5) is 40.3 Å². The molecule has 48 heavy (non-hydrogen) atoms. The molecule has 258 valence electrons. The van der Waals surface area contributed by atoms with E-state index in [4.69, 9.17) is 14.8 Å². The predicted molar refractivity (Wildman–Crippen MR) is 176 cm³/mol. The summed E-state index contributed by atoms with van der Waals surface area (Å²) in [5.41, 5.74) is 12.5. The zero-order valence-electron chi connectivity index (χ0n) is 27.3. The summed E-state index contributed by atoms with van der Waals surface area (Å²) in [6.45, 7) is 7.26. The smallest absolute Gasteiger partial charge is 0.292 e. The van der Waals surface area contributed by atoms with Crippen molar-refractivity contribution >= 4 is 22.7 Å². The Morgan fingerprint density at radius 2 is 1.17 bits per heavy atom. The minimum atomic E-state index is -2.63. The lowest BCUT2D eigenvalue weighted by atomic mass is 9.92. The van der Waals surface area contributed by atoms with Crippen LogP contribution in [0.15, 0.2) is 45.4 Å². The molecule has 6 rings (SSSR count). The fourth-order valence-corrected chi connectivity index (χ4v) is 6.41. The Balaban J connectivity index is 0.000000188. The Kier molecular flexibility index (Phi) is 10.0. The summed E-state index contributed by atoms with van der Waals surface area (Å²) in [7, 11) is 0. The van der Waals surface area contributed by atoms with Crippen molar-refractivity contribution in [1.29, 1.82) is 0 Å². The molecule has 2 heterocycles. The highest BCUT2D eigenvalue weighted by atomic mass is 19.3. The van der Waals surface area contributed by atoms with Crippen LogP contribution in [0.3, 0.4) is 0 Å². The van der Waals surface area contributed by atoms with Crippen molar-refractivity contribution in [2.45, 2.75) is 103 Å². The van der Waals surface area contributed by atoms with Gasteiger partial charge in [-0.3, -0.25) is 10.1 Å². The second-order valence-corrected chi connectivity index (χ2v) is 12.7. The number of anilines is 3. The van der Waals surface area contributed by atoms with Gasteiger partial charge in [-0.25, -0.2) is 17.6 Å². The van der Waals surface area contributed by atoms with E-state index in [1.54, 1.807) is 26.0 Å². The molecule has 0 amide bonds. The average Bonchev–Trinajstić information content (AvgIpc) is 3.55. The lowest BCUT2D eigenvalue weighted by Crippen LogP contribution is -2.32. The highest BCUT2D eigenvalue weighted by Crippen LogP contribution is 2.39. The van der Waals surface area contributed by atoms with Crippen molar-refractivity contribution < 1.29 is 31.5 Å². The Bertz CT molecular complexity index is 1710. The first-order valence-electron chi connectivity index (χ1n) is 16.0. The van der Waals surface area contributed by atoms with Crippen LogP contribution in [0.5, 0.6) is 0 Å². The second-order valence-electron chi connectivity index (χ2n) is 12.7. The molecule has 2 aromatic heterocycles. The summed E-state index contributed by atoms with van der Waals surface area (Å²) in [5.74, 6) is -3.81. The number of nitrogens with zero attached hydrogens (tertiary/aromatic N) is 3. The highest BCUT2D eigenvalue weighted by molar-refractivity contribution is 5.78. The second kappa shape index (κ2) is 13.9. The zero-order valence-corrected chi connectivity index (χ0v) is 27.3. The molecule has 0 unspecified atom stereocenters. The maximum Gasteiger partial charge on any atom is 0.292 e. The molecule has 0 saturated heterocycles. The number of nitro groups is 1. The van der Waals surface area contributed by atoms with Gasteiger partial charge in [0.25, 0.3) is 5.69 Å². The highest BCUT2D eigenvalue weighted by Gasteiger charge is 2.36. The summed E-state index contributed by atoms with van der Waals surface area (Å²) in [6.07, 6.45) is 0.955. The number of hydrogen-bond acceptors (Lipinski definition) is 9. The van der Waals surface area contributed by atoms with Crippen LogP contribution < -0.4 is 16.4 Å². The van der Waals surface area contributed by atoms with Crippen molar-refractivity contribution in [2.75, 3.05) is 16.4 Å². The minimum Gasteiger partial charge on any atom is -0.397 e. The molecule has 2 fully saturated rings. The Hall–Kier alpha value is -4.62. The summed E-state index contributed by atoms with van der Waals surface area (Å²) >= 11 is 0. The van der Waals surface area contributed by atoms with E-state index in [1.165, 1.54) is 6.07 Å². The topological polar surface area (TPSA) is 145 Å². The summed E-state index contributed by atoms with van der Waals surface area (Å²) < 4.78 is 63.2. The Labute approximate surface area is 275 Å². The van der Waals surface area contributed by atoms with Gasteiger partial charge >= 0.3 is 0 Å². The van der Waals surface area contributed by atoms with Crippen LogP contribution in [0.25, 0.3) is 22.3 Å². The number of alkyl halides is 4. The number of hydrogen-bond donors (Lipinski definition) is 3. The molecule has 0 bridgehead atoms. The van der Waals surface area contributed by atoms with Crippen LogP contribution in [0, 0.1) is 37.8 Å². The van der Waals surface area contributed by atoms with Gasteiger partial charge in [-0.1, -0.05) is 22.4 Å². The Morgan fingerprint density at radius 3 is 1.56 bits per heavy atom. The summed E-state index contributed by atoms with van der Waals surface area (Å²) in [4.78, 5) is 11.0. The third kappa shape index (κ3) is 8.08. The molecule has 2 aliphatic carbocycles. The van der Waals surface area contributed by atoms with Gasteiger partial charge in [-0.15, -0.1) is 0 Å². The maximum atomic E-state index is 13.3. The number of nitrogens with two attached hydrogens (primary N) is 1. The van der Waals surface area contributed by atoms with Crippen LogP contribution in [0.2, 0.25) is 0 Å². The van der Waals surface area contributed by atoms with Gasteiger partial charge in [0.2, 0.25) is 11.8 Å². The molecular weight excluding hydrogens is 632 g/mol. The van der Waals surface area contributed by atoms with E-state index >= 15 is 0 Å². The van der Waals surface area contributed by atoms with Crippen molar-refractivity contribution in [3.8, 4) is 22.3 Å². The quantitative estimate of drug-likeness (QED) is 0.0756. The molecule has 2 aromatic carbocycles. The van der Waals surface area contributed by atoms with E-state index in [1.807, 2.05) is 32.0 Å². The fraction of sp³-hybridized carbons (Fsp3) is 0.471. The third-order valence-electron chi connectivity index (χ3n) is 9.04. The van der Waals surface area contributed by atoms with Gasteiger partial charge < -0.3 is 25.4 Å². The molecule has 14 heteroatoms. The number of nitro benzene ring substituents is 1. The number of aromatic nitrogens is 2. The number of nitrogen functional groups attached to an aromatic ring is 1. The number of rotatable bonds is 7. The molecule has 2 aliphatic rings. The van der Waals surface area contributed by atoms with Crippen molar-refractivity contribution in [3.63, 3.8) is 0 Å². The first kappa shape index (κ1) is 34.7. The van der Waals surface area contributed by atoms with Gasteiger partial charge in [0.1, 0.15) is 17.2 Å². The molecule has 0 radical (unpaired) electrons. The number of aryl methyl sites for hydroxylation is 4. The first-order chi connectivity index (χ1) is 22.6. The molecule has 0 spiro atoms. The zero-order chi connectivity index (χ0) is 34.8. The van der Waals surface area contributed by atoms with E-state index in [2.05, 4.69) is 20.9 Å². The van der Waals surface area contributed by atoms with Crippen molar-refractivity contribution in [3.05, 3.63) is 69.4 Å². The molecule has 0 atom stereocenters. The molecular formula is C34H40F4N6O4. The monoisotopic (exact) mass is 672 g/mol. The SMILES string of the molecule is Cc1noc(C)c1-c1ccc(NC2CCC(F)(F)CC2)c(N)c1.Cc1noc(C)c1-c1ccc(NC2CCC(F)(F)CC2)c([N+](=O)[O-])c1. The first-order valence-corrected chi connectivity index (χ1v) is 16.0. The van der Waals surface area contributed by atoms with E-state index in [-0.39, 0.29) is 56.3 Å². The van der Waals surface area contributed by atoms with E-state index < -0.39 is 16.8 Å². The van der Waals surface area contributed by atoms with Crippen LogP contribution in [-0.2, 0) is 0 Å². The van der Waals surface area contributed by atoms with Crippen LogP contribution in [0.1, 0.15) is 74.3 Å². The van der Waals surface area contributed by atoms with E-state index in [0.717, 1.165) is 33.8 Å². The van der Waals surface area contributed by atoms with Gasteiger partial charge in [0, 0.05) is 55.0 Å². The molecule has 4 aromatic rings. The fourth-order valence-electron chi connectivity index (χ4n) is 6.41. The van der Waals surface area contributed by atoms with Gasteiger partial charge in [0.05, 0.1) is 27.7 Å². The third-order valence-corrected chi connectivity index (χ3v) is 9.04. The number of nitrogens with one attached hydrogen (secondary N) is 2. The van der Waals surface area contributed by atoms with Gasteiger partial charge in [-0.2, -0.15) is 0 Å². The molecule has 0 aliphatic heterocycles. The van der Waals surface area contributed by atoms with Crippen LogP contribution in [-0.4, -0.2) is 39.2 Å². The molecule has 2 saturated carbocycles. The lowest BCUT2D eigenvalue weighted by Gasteiger charge is -2.29. The average molecular weight is 673 g/mol. The summed E-state index contributed by atoms with van der Waals surface area (Å²) in [5, 5.41) is 25.6. The van der Waals surface area contributed by atoms with Crippen molar-refractivity contribution in [1.82, 2.24) is 10.3 Å². The predicted octanol–water partition coefficient (Wildman–Crippen LogP) is 9.39. The normalized spacial score (nSPS) is 17.8.